The van der Waals surface area contributed by atoms with E-state index in [1.165, 1.54) is 19.3 Å². The Morgan fingerprint density at radius 1 is 0.700 bits per heavy atom. The van der Waals surface area contributed by atoms with Gasteiger partial charge < -0.3 is 15.2 Å². The van der Waals surface area contributed by atoms with Gasteiger partial charge in [-0.1, -0.05) is 101 Å². The predicted octanol–water partition coefficient (Wildman–Crippen LogP) is 8.55. The lowest BCUT2D eigenvalue weighted by molar-refractivity contribution is -0.147. The summed E-state index contributed by atoms with van der Waals surface area (Å²) >= 11 is 0. The molecule has 6 nitrogen and oxygen atoms in total. The number of unbranched alkanes of at least 4 members (excludes halogenated alkanes) is 7. The first kappa shape index (κ1) is 37.1. The molecule has 1 unspecified atom stereocenters. The van der Waals surface area contributed by atoms with Crippen LogP contribution in [0.15, 0.2) is 60.8 Å². The van der Waals surface area contributed by atoms with Gasteiger partial charge in [0.2, 0.25) is 5.91 Å². The molecule has 0 spiro atoms. The number of amides is 1. The van der Waals surface area contributed by atoms with E-state index < -0.39 is 5.97 Å². The van der Waals surface area contributed by atoms with E-state index in [0.29, 0.717) is 19.3 Å². The maximum atomic E-state index is 12.4. The highest BCUT2D eigenvalue weighted by Crippen LogP contribution is 2.13. The Kier molecular flexibility index (Phi) is 27.0. The summed E-state index contributed by atoms with van der Waals surface area (Å²) < 4.78 is 5.78. The summed E-state index contributed by atoms with van der Waals surface area (Å²) in [5.41, 5.74) is 0. The summed E-state index contributed by atoms with van der Waals surface area (Å²) in [6, 6.07) is 0. The van der Waals surface area contributed by atoms with Crippen molar-refractivity contribution in [3.8, 4) is 0 Å². The average molecular weight is 558 g/mol. The van der Waals surface area contributed by atoms with E-state index in [9.17, 15) is 14.4 Å². The second-order valence-electron chi connectivity index (χ2n) is 9.97. The molecule has 0 aromatic carbocycles. The molecule has 6 heteroatoms. The van der Waals surface area contributed by atoms with Crippen molar-refractivity contribution < 1.29 is 24.2 Å². The molecule has 2 N–H and O–H groups in total. The Hall–Kier alpha value is -2.89. The normalized spacial score (nSPS) is 12.8. The topological polar surface area (TPSA) is 92.7 Å². The zero-order valence-electron chi connectivity index (χ0n) is 25.2. The first-order chi connectivity index (χ1) is 19.5. The number of carbonyl (C=O) groups is 3. The lowest BCUT2D eigenvalue weighted by atomic mass is 10.1. The van der Waals surface area contributed by atoms with Crippen molar-refractivity contribution in [3.63, 3.8) is 0 Å². The van der Waals surface area contributed by atoms with Gasteiger partial charge in [0.05, 0.1) is 0 Å². The van der Waals surface area contributed by atoms with Crippen molar-refractivity contribution in [2.24, 2.45) is 0 Å². The lowest BCUT2D eigenvalue weighted by Crippen LogP contribution is -2.28. The molecule has 0 aromatic rings. The Morgan fingerprint density at radius 3 is 1.98 bits per heavy atom. The van der Waals surface area contributed by atoms with Gasteiger partial charge >= 0.3 is 11.9 Å². The summed E-state index contributed by atoms with van der Waals surface area (Å²) in [5, 5.41) is 11.0. The van der Waals surface area contributed by atoms with Crippen LogP contribution in [0.5, 0.6) is 0 Å². The minimum Gasteiger partial charge on any atom is -0.480 e. The van der Waals surface area contributed by atoms with Crippen molar-refractivity contribution in [1.29, 1.82) is 0 Å². The van der Waals surface area contributed by atoms with Crippen molar-refractivity contribution in [3.05, 3.63) is 60.8 Å². The third-order valence-electron chi connectivity index (χ3n) is 6.17. The summed E-state index contributed by atoms with van der Waals surface area (Å²) in [7, 11) is 0. The zero-order chi connectivity index (χ0) is 29.5. The van der Waals surface area contributed by atoms with Gasteiger partial charge in [-0.15, -0.1) is 0 Å². The monoisotopic (exact) mass is 557 g/mol. The fraction of sp³-hybridized carbons (Fsp3) is 0.618. The molecule has 0 saturated heterocycles. The quantitative estimate of drug-likeness (QED) is 0.0631. The molecule has 0 aromatic heterocycles. The highest BCUT2D eigenvalue weighted by Gasteiger charge is 2.11. The van der Waals surface area contributed by atoms with Crippen LogP contribution in [0, 0.1) is 0 Å². The molecular weight excluding hydrogens is 502 g/mol. The van der Waals surface area contributed by atoms with Crippen LogP contribution in [0.4, 0.5) is 0 Å². The van der Waals surface area contributed by atoms with Crippen LogP contribution in [0.25, 0.3) is 0 Å². The number of carbonyl (C=O) groups excluding carboxylic acids is 2. The van der Waals surface area contributed by atoms with E-state index in [4.69, 9.17) is 9.84 Å². The van der Waals surface area contributed by atoms with Gasteiger partial charge in [-0.05, 0) is 70.3 Å². The molecule has 0 heterocycles. The Balaban J connectivity index is 4.30. The molecule has 0 radical (unpaired) electrons. The van der Waals surface area contributed by atoms with E-state index in [-0.39, 0.29) is 24.5 Å². The van der Waals surface area contributed by atoms with Crippen molar-refractivity contribution >= 4 is 17.8 Å². The maximum Gasteiger partial charge on any atom is 0.322 e. The average Bonchev–Trinajstić information content (AvgIpc) is 2.93. The SMILES string of the molecule is CC/C=C\C/C=C\C/C=C\C/C=C\CCC(=O)OC(/C=C\CCCCCC)CCCCCCC(=O)NCC(=O)O. The number of nitrogens with one attached hydrogen (secondary N) is 1. The number of rotatable bonds is 26. The molecule has 0 fully saturated rings. The molecule has 1 atom stereocenters. The zero-order valence-corrected chi connectivity index (χ0v) is 25.2. The van der Waals surface area contributed by atoms with Crippen LogP contribution in [0.2, 0.25) is 0 Å². The van der Waals surface area contributed by atoms with Gasteiger partial charge in [0.25, 0.3) is 0 Å². The summed E-state index contributed by atoms with van der Waals surface area (Å²) in [5.74, 6) is -1.43. The second-order valence-corrected chi connectivity index (χ2v) is 9.97. The third-order valence-corrected chi connectivity index (χ3v) is 6.17. The van der Waals surface area contributed by atoms with Gasteiger partial charge in [0, 0.05) is 12.8 Å². The summed E-state index contributed by atoms with van der Waals surface area (Å²) in [6.45, 7) is 4.00. The molecule has 0 aliphatic carbocycles. The van der Waals surface area contributed by atoms with Crippen molar-refractivity contribution in [1.82, 2.24) is 5.32 Å². The Morgan fingerprint density at radius 2 is 1.32 bits per heavy atom. The third kappa shape index (κ3) is 28.1. The number of hydrogen-bond donors (Lipinski definition) is 2. The second kappa shape index (κ2) is 29.1. The predicted molar refractivity (Wildman–Crippen MR) is 166 cm³/mol. The molecule has 1 amide bonds. The summed E-state index contributed by atoms with van der Waals surface area (Å²) in [4.78, 5) is 34.6. The maximum absolute atomic E-state index is 12.4. The first-order valence-electron chi connectivity index (χ1n) is 15.4. The highest BCUT2D eigenvalue weighted by molar-refractivity contribution is 5.80. The lowest BCUT2D eigenvalue weighted by Gasteiger charge is -2.14. The number of ether oxygens (including phenoxy) is 1. The molecule has 226 valence electrons. The first-order valence-corrected chi connectivity index (χ1v) is 15.4. The van der Waals surface area contributed by atoms with Crippen LogP contribution in [0.3, 0.4) is 0 Å². The van der Waals surface area contributed by atoms with E-state index in [0.717, 1.165) is 70.6 Å². The number of carboxylic acid groups (broad SMARTS) is 1. The molecular formula is C34H55NO5. The standard InChI is InChI=1S/C34H55NO5/c1-3-5-7-9-11-12-13-14-15-16-17-19-25-29-34(39)40-31(26-22-18-10-8-6-4-2)27-23-20-21-24-28-32(36)35-30-33(37)38/h5,7,11-12,14-15,17,19,22,26,31H,3-4,6,8-10,13,16,18,20-21,23-25,27-30H2,1-2H3,(H,35,36)(H,37,38)/b7-5-,12-11-,15-14-,19-17-,26-22-. The molecule has 0 saturated carbocycles. The van der Waals surface area contributed by atoms with E-state index in [1.54, 1.807) is 0 Å². The van der Waals surface area contributed by atoms with Gasteiger partial charge in [-0.3, -0.25) is 14.4 Å². The number of carboxylic acids is 1. The van der Waals surface area contributed by atoms with Crippen molar-refractivity contribution in [2.75, 3.05) is 6.54 Å². The van der Waals surface area contributed by atoms with Gasteiger partial charge in [0.1, 0.15) is 12.6 Å². The number of esters is 1. The largest absolute Gasteiger partial charge is 0.480 e. The van der Waals surface area contributed by atoms with Crippen molar-refractivity contribution in [2.45, 2.75) is 129 Å². The highest BCUT2D eigenvalue weighted by atomic mass is 16.5. The Labute approximate surface area is 243 Å². The van der Waals surface area contributed by atoms with Crippen LogP contribution >= 0.6 is 0 Å². The van der Waals surface area contributed by atoms with E-state index in [2.05, 4.69) is 67.8 Å². The van der Waals surface area contributed by atoms with Gasteiger partial charge in [-0.2, -0.15) is 0 Å². The minimum absolute atomic E-state index is 0.168. The molecule has 0 rings (SSSR count). The van der Waals surface area contributed by atoms with Crippen LogP contribution in [-0.2, 0) is 19.1 Å². The fourth-order valence-electron chi connectivity index (χ4n) is 3.91. The van der Waals surface area contributed by atoms with Crippen LogP contribution in [0.1, 0.15) is 123 Å². The number of hydrogen-bond acceptors (Lipinski definition) is 4. The van der Waals surface area contributed by atoms with E-state index >= 15 is 0 Å². The van der Waals surface area contributed by atoms with E-state index in [1.807, 2.05) is 12.2 Å². The van der Waals surface area contributed by atoms with Crippen LogP contribution in [-0.4, -0.2) is 35.6 Å². The molecule has 0 aliphatic heterocycles. The van der Waals surface area contributed by atoms with Crippen LogP contribution < -0.4 is 5.32 Å². The molecule has 0 bridgehead atoms. The number of aliphatic carboxylic acids is 1. The summed E-state index contributed by atoms with van der Waals surface area (Å²) in [6.07, 6.45) is 36.4. The minimum atomic E-state index is -1.04. The Bertz CT molecular complexity index is 794. The molecule has 40 heavy (non-hydrogen) atoms. The van der Waals surface area contributed by atoms with Gasteiger partial charge in [-0.25, -0.2) is 0 Å². The smallest absolute Gasteiger partial charge is 0.322 e. The molecule has 0 aliphatic rings. The number of allylic oxidation sites excluding steroid dienone is 9. The van der Waals surface area contributed by atoms with Gasteiger partial charge in [0.15, 0.2) is 0 Å². The fourth-order valence-corrected chi connectivity index (χ4v) is 3.91.